The number of hydrogen-bond acceptors (Lipinski definition) is 5. The third kappa shape index (κ3) is 2.31. The van der Waals surface area contributed by atoms with Crippen LogP contribution in [-0.4, -0.2) is 14.2 Å². The highest BCUT2D eigenvalue weighted by Gasteiger charge is 2.13. The summed E-state index contributed by atoms with van der Waals surface area (Å²) in [6.45, 7) is 0. The van der Waals surface area contributed by atoms with Crippen molar-refractivity contribution in [3.05, 3.63) is 63.4 Å². The third-order valence-corrected chi connectivity index (χ3v) is 5.85. The maximum Gasteiger partial charge on any atom is 0.275 e. The molecule has 4 nitrogen and oxygen atoms in total. The lowest BCUT2D eigenvalue weighted by atomic mass is 10.2. The fourth-order valence-electron chi connectivity index (χ4n) is 2.10. The number of aromatic nitrogens is 3. The molecule has 0 aliphatic rings. The molecule has 7 heteroatoms. The lowest BCUT2D eigenvalue weighted by molar-refractivity contribution is 1.01. The molecule has 0 atom stereocenters. The van der Waals surface area contributed by atoms with Crippen LogP contribution in [-0.2, 0) is 0 Å². The van der Waals surface area contributed by atoms with Gasteiger partial charge in [-0.2, -0.15) is 0 Å². The van der Waals surface area contributed by atoms with E-state index in [0.29, 0.717) is 10.5 Å². The molecule has 2 aromatic heterocycles. The van der Waals surface area contributed by atoms with Crippen LogP contribution in [0.25, 0.3) is 25.8 Å². The first kappa shape index (κ1) is 13.8. The summed E-state index contributed by atoms with van der Waals surface area (Å²) in [7, 11) is 0. The van der Waals surface area contributed by atoms with Gasteiger partial charge in [0.1, 0.15) is 5.01 Å². The zero-order valence-corrected chi connectivity index (χ0v) is 14.3. The first-order valence-electron chi connectivity index (χ1n) is 6.43. The molecular weight excluding hydrogens is 382 g/mol. The van der Waals surface area contributed by atoms with Gasteiger partial charge in [0, 0.05) is 10.0 Å². The standard InChI is InChI=1S/C15H8BrN3OS2/c16-10-7-5-9(6-8-10)13-17-18-15(21-13)19-14(20)11-3-1-2-4-12(11)22-19/h1-8H. The molecule has 2 heterocycles. The van der Waals surface area contributed by atoms with Crippen LogP contribution in [0.4, 0.5) is 0 Å². The number of rotatable bonds is 2. The Morgan fingerprint density at radius 2 is 1.77 bits per heavy atom. The van der Waals surface area contributed by atoms with Gasteiger partial charge in [0.15, 0.2) is 0 Å². The molecule has 0 unspecified atom stereocenters. The largest absolute Gasteiger partial charge is 0.275 e. The van der Waals surface area contributed by atoms with Crippen LogP contribution in [0.1, 0.15) is 0 Å². The van der Waals surface area contributed by atoms with Gasteiger partial charge in [-0.1, -0.05) is 51.5 Å². The van der Waals surface area contributed by atoms with Crippen LogP contribution in [0.15, 0.2) is 57.8 Å². The smallest absolute Gasteiger partial charge is 0.267 e. The van der Waals surface area contributed by atoms with E-state index in [0.717, 1.165) is 19.7 Å². The number of fused-ring (bicyclic) bond motifs is 1. The van der Waals surface area contributed by atoms with Crippen LogP contribution < -0.4 is 5.56 Å². The van der Waals surface area contributed by atoms with Gasteiger partial charge in [0.2, 0.25) is 5.13 Å². The van der Waals surface area contributed by atoms with Gasteiger partial charge in [-0.05, 0) is 35.8 Å². The molecule has 0 saturated carbocycles. The van der Waals surface area contributed by atoms with E-state index in [4.69, 9.17) is 0 Å². The first-order chi connectivity index (χ1) is 10.7. The zero-order valence-electron chi connectivity index (χ0n) is 11.1. The highest BCUT2D eigenvalue weighted by atomic mass is 79.9. The van der Waals surface area contributed by atoms with Gasteiger partial charge in [0.25, 0.3) is 5.56 Å². The minimum atomic E-state index is -0.0425. The monoisotopic (exact) mass is 389 g/mol. The van der Waals surface area contributed by atoms with E-state index < -0.39 is 0 Å². The second-order valence-electron chi connectivity index (χ2n) is 4.58. The Bertz CT molecular complexity index is 1020. The minimum absolute atomic E-state index is 0.0425. The molecule has 4 rings (SSSR count). The first-order valence-corrected chi connectivity index (χ1v) is 8.81. The van der Waals surface area contributed by atoms with E-state index in [1.807, 2.05) is 48.5 Å². The Kier molecular flexibility index (Phi) is 3.40. The van der Waals surface area contributed by atoms with Crippen molar-refractivity contribution in [2.24, 2.45) is 0 Å². The Balaban J connectivity index is 1.81. The molecule has 0 radical (unpaired) electrons. The maximum atomic E-state index is 12.4. The Morgan fingerprint density at radius 1 is 1.00 bits per heavy atom. The fourth-order valence-corrected chi connectivity index (χ4v) is 4.23. The summed E-state index contributed by atoms with van der Waals surface area (Å²) in [6, 6.07) is 15.4. The second kappa shape index (κ2) is 5.42. The van der Waals surface area contributed by atoms with E-state index in [1.165, 1.54) is 22.9 Å². The minimum Gasteiger partial charge on any atom is -0.267 e. The second-order valence-corrected chi connectivity index (χ2v) is 7.44. The van der Waals surface area contributed by atoms with Gasteiger partial charge in [-0.15, -0.1) is 10.2 Å². The van der Waals surface area contributed by atoms with E-state index in [-0.39, 0.29) is 5.56 Å². The van der Waals surface area contributed by atoms with Crippen molar-refractivity contribution in [1.82, 2.24) is 14.2 Å². The van der Waals surface area contributed by atoms with Crippen LogP contribution >= 0.6 is 38.8 Å². The molecule has 4 aromatic rings. The third-order valence-electron chi connectivity index (χ3n) is 3.17. The van der Waals surface area contributed by atoms with E-state index in [1.54, 1.807) is 3.96 Å². The molecule has 2 aromatic carbocycles. The molecule has 0 bridgehead atoms. The van der Waals surface area contributed by atoms with Gasteiger partial charge in [0.05, 0.1) is 10.1 Å². The Morgan fingerprint density at radius 3 is 2.55 bits per heavy atom. The van der Waals surface area contributed by atoms with E-state index in [2.05, 4.69) is 26.1 Å². The highest BCUT2D eigenvalue weighted by Crippen LogP contribution is 2.28. The molecule has 0 saturated heterocycles. The summed E-state index contributed by atoms with van der Waals surface area (Å²) in [5, 5.41) is 10.5. The summed E-state index contributed by atoms with van der Waals surface area (Å²) in [5.74, 6) is 0. The van der Waals surface area contributed by atoms with Gasteiger partial charge < -0.3 is 0 Å². The Labute approximate surface area is 142 Å². The molecule has 0 aliphatic heterocycles. The van der Waals surface area contributed by atoms with Gasteiger partial charge in [-0.3, -0.25) is 4.79 Å². The SMILES string of the molecule is O=c1c2ccccc2sn1-c1nnc(-c2ccc(Br)cc2)s1. The highest BCUT2D eigenvalue weighted by molar-refractivity contribution is 9.10. The molecule has 22 heavy (non-hydrogen) atoms. The number of halogens is 1. The summed E-state index contributed by atoms with van der Waals surface area (Å²) < 4.78 is 3.57. The normalized spacial score (nSPS) is 11.1. The average molecular weight is 390 g/mol. The van der Waals surface area contributed by atoms with Crippen LogP contribution in [0.2, 0.25) is 0 Å². The average Bonchev–Trinajstić information content (AvgIpc) is 3.14. The quantitative estimate of drug-likeness (QED) is 0.512. The van der Waals surface area contributed by atoms with Gasteiger partial charge >= 0.3 is 0 Å². The van der Waals surface area contributed by atoms with Crippen LogP contribution in [0.5, 0.6) is 0 Å². The van der Waals surface area contributed by atoms with Crippen molar-refractivity contribution in [2.75, 3.05) is 0 Å². The molecule has 0 amide bonds. The lowest BCUT2D eigenvalue weighted by Crippen LogP contribution is -2.10. The summed E-state index contributed by atoms with van der Waals surface area (Å²) in [6.07, 6.45) is 0. The molecular formula is C15H8BrN3OS2. The van der Waals surface area contributed by atoms with E-state index in [9.17, 15) is 4.79 Å². The molecule has 108 valence electrons. The number of benzene rings is 2. The van der Waals surface area contributed by atoms with Crippen molar-refractivity contribution in [3.63, 3.8) is 0 Å². The van der Waals surface area contributed by atoms with Crippen molar-refractivity contribution in [1.29, 1.82) is 0 Å². The maximum absolute atomic E-state index is 12.4. The van der Waals surface area contributed by atoms with E-state index >= 15 is 0 Å². The molecule has 0 fully saturated rings. The fraction of sp³-hybridized carbons (Fsp3) is 0. The van der Waals surface area contributed by atoms with Crippen molar-refractivity contribution >= 4 is 48.9 Å². The van der Waals surface area contributed by atoms with Gasteiger partial charge in [-0.25, -0.2) is 3.96 Å². The van der Waals surface area contributed by atoms with Crippen LogP contribution in [0, 0.1) is 0 Å². The summed E-state index contributed by atoms with van der Waals surface area (Å²) >= 11 is 6.22. The Hall–Kier alpha value is -1.83. The molecule has 0 N–H and O–H groups in total. The van der Waals surface area contributed by atoms with Crippen molar-refractivity contribution < 1.29 is 0 Å². The topological polar surface area (TPSA) is 47.8 Å². The lowest BCUT2D eigenvalue weighted by Gasteiger charge is -1.94. The predicted octanol–water partition coefficient (Wildman–Crippen LogP) is 4.33. The van der Waals surface area contributed by atoms with Crippen LogP contribution in [0.3, 0.4) is 0 Å². The summed E-state index contributed by atoms with van der Waals surface area (Å²) in [5.41, 5.74) is 0.945. The number of nitrogens with zero attached hydrogens (tertiary/aromatic N) is 3. The van der Waals surface area contributed by atoms with Crippen molar-refractivity contribution in [3.8, 4) is 15.7 Å². The predicted molar refractivity (Wildman–Crippen MR) is 94.0 cm³/mol. The molecule has 0 aliphatic carbocycles. The van der Waals surface area contributed by atoms with Crippen molar-refractivity contribution in [2.45, 2.75) is 0 Å². The summed E-state index contributed by atoms with van der Waals surface area (Å²) in [4.78, 5) is 12.4. The molecule has 0 spiro atoms. The number of hydrogen-bond donors (Lipinski definition) is 0. The zero-order chi connectivity index (χ0) is 15.1.